The van der Waals surface area contributed by atoms with Crippen LogP contribution in [0.25, 0.3) is 5.95 Å². The average Bonchev–Trinajstić information content (AvgIpc) is 3.22. The molecule has 2 N–H and O–H groups in total. The Morgan fingerprint density at radius 2 is 1.81 bits per heavy atom. The summed E-state index contributed by atoms with van der Waals surface area (Å²) in [6.07, 6.45) is -7.06. The lowest BCUT2D eigenvalue weighted by atomic mass is 10.2. The van der Waals surface area contributed by atoms with Crippen LogP contribution in [0, 0.1) is 17.1 Å². The molecule has 15 heteroatoms. The standard InChI is InChI=1S/C17H11F7N8/c18-6-11(13(20)21)27-15-28-14(26-10-4-8(7-25)3-9(19)5-10)29-16(30-15)32-2-1-12(31-32)17(22,23)24/h1-5,11,13H,6H2,(H2,26,27,28,29,30). The van der Waals surface area contributed by atoms with Gasteiger partial charge in [0.15, 0.2) is 5.69 Å². The van der Waals surface area contributed by atoms with E-state index in [-0.39, 0.29) is 11.3 Å². The van der Waals surface area contributed by atoms with Crippen molar-refractivity contribution in [2.75, 3.05) is 17.3 Å². The first kappa shape index (κ1) is 22.7. The second kappa shape index (κ2) is 9.04. The van der Waals surface area contributed by atoms with Crippen LogP contribution in [0.15, 0.2) is 30.5 Å². The SMILES string of the molecule is N#Cc1cc(F)cc(Nc2nc(NC(CF)C(F)F)nc(-n3ccc(C(F)(F)F)n3)n2)c1. The van der Waals surface area contributed by atoms with Crippen molar-refractivity contribution in [2.45, 2.75) is 18.6 Å². The summed E-state index contributed by atoms with van der Waals surface area (Å²) in [7, 11) is 0. The largest absolute Gasteiger partial charge is 0.435 e. The summed E-state index contributed by atoms with van der Waals surface area (Å²) in [5.41, 5.74) is -1.38. The first-order valence-electron chi connectivity index (χ1n) is 8.56. The van der Waals surface area contributed by atoms with E-state index in [9.17, 15) is 30.7 Å². The van der Waals surface area contributed by atoms with Gasteiger partial charge in [-0.15, -0.1) is 0 Å². The third-order valence-electron chi connectivity index (χ3n) is 3.78. The van der Waals surface area contributed by atoms with Crippen LogP contribution in [-0.2, 0) is 6.18 Å². The molecule has 0 fully saturated rings. The highest BCUT2D eigenvalue weighted by atomic mass is 19.4. The molecular weight excluding hydrogens is 449 g/mol. The lowest BCUT2D eigenvalue weighted by Crippen LogP contribution is -2.31. The van der Waals surface area contributed by atoms with Gasteiger partial charge in [0.25, 0.3) is 12.4 Å². The summed E-state index contributed by atoms with van der Waals surface area (Å²) in [6, 6.07) is 3.43. The number of nitrogens with zero attached hydrogens (tertiary/aromatic N) is 6. The number of aromatic nitrogens is 5. The average molecular weight is 460 g/mol. The summed E-state index contributed by atoms with van der Waals surface area (Å²) in [5, 5.41) is 16.7. The molecule has 3 aromatic rings. The molecule has 0 bridgehead atoms. The zero-order valence-electron chi connectivity index (χ0n) is 15.6. The van der Waals surface area contributed by atoms with E-state index in [4.69, 9.17) is 5.26 Å². The van der Waals surface area contributed by atoms with E-state index >= 15 is 0 Å². The zero-order valence-corrected chi connectivity index (χ0v) is 15.6. The highest BCUT2D eigenvalue weighted by molar-refractivity contribution is 5.57. The van der Waals surface area contributed by atoms with Gasteiger partial charge < -0.3 is 10.6 Å². The van der Waals surface area contributed by atoms with Gasteiger partial charge in [0.1, 0.15) is 18.5 Å². The van der Waals surface area contributed by atoms with Gasteiger partial charge in [-0.2, -0.15) is 38.5 Å². The van der Waals surface area contributed by atoms with E-state index in [1.54, 1.807) is 6.07 Å². The molecule has 0 aliphatic heterocycles. The Bertz CT molecular complexity index is 1140. The maximum Gasteiger partial charge on any atom is 0.435 e. The first-order valence-corrected chi connectivity index (χ1v) is 8.56. The molecule has 0 aliphatic rings. The summed E-state index contributed by atoms with van der Waals surface area (Å²) < 4.78 is 91.5. The van der Waals surface area contributed by atoms with E-state index in [0.29, 0.717) is 10.7 Å². The minimum Gasteiger partial charge on any atom is -0.343 e. The first-order chi connectivity index (χ1) is 15.1. The number of anilines is 3. The van der Waals surface area contributed by atoms with E-state index in [2.05, 4.69) is 25.4 Å². The van der Waals surface area contributed by atoms with Gasteiger partial charge >= 0.3 is 6.18 Å². The van der Waals surface area contributed by atoms with Gasteiger partial charge in [0.05, 0.1) is 11.6 Å². The molecule has 2 heterocycles. The van der Waals surface area contributed by atoms with Crippen LogP contribution in [0.3, 0.4) is 0 Å². The number of benzene rings is 1. The Labute approximate surface area is 174 Å². The molecule has 1 unspecified atom stereocenters. The quantitative estimate of drug-likeness (QED) is 0.516. The molecule has 8 nitrogen and oxygen atoms in total. The third kappa shape index (κ3) is 5.39. The molecule has 0 radical (unpaired) electrons. The number of nitrogens with one attached hydrogen (secondary N) is 2. The van der Waals surface area contributed by atoms with Crippen LogP contribution in [0.4, 0.5) is 48.3 Å². The topological polar surface area (TPSA) is 104 Å². The number of alkyl halides is 6. The van der Waals surface area contributed by atoms with Crippen molar-refractivity contribution in [2.24, 2.45) is 0 Å². The molecule has 0 saturated heterocycles. The molecule has 2 aromatic heterocycles. The highest BCUT2D eigenvalue weighted by Crippen LogP contribution is 2.28. The van der Waals surface area contributed by atoms with E-state index in [1.165, 1.54) is 6.07 Å². The predicted molar refractivity (Wildman–Crippen MR) is 95.7 cm³/mol. The fourth-order valence-corrected chi connectivity index (χ4v) is 2.36. The highest BCUT2D eigenvalue weighted by Gasteiger charge is 2.34. The van der Waals surface area contributed by atoms with Gasteiger partial charge in [-0.3, -0.25) is 0 Å². The van der Waals surface area contributed by atoms with Crippen LogP contribution >= 0.6 is 0 Å². The van der Waals surface area contributed by atoms with Crippen molar-refractivity contribution >= 4 is 17.6 Å². The third-order valence-corrected chi connectivity index (χ3v) is 3.78. The molecule has 3 rings (SSSR count). The summed E-state index contributed by atoms with van der Waals surface area (Å²) >= 11 is 0. The van der Waals surface area contributed by atoms with E-state index in [1.807, 2.05) is 5.32 Å². The number of halogens is 7. The monoisotopic (exact) mass is 460 g/mol. The maximum atomic E-state index is 13.7. The van der Waals surface area contributed by atoms with Gasteiger partial charge in [0.2, 0.25) is 11.9 Å². The van der Waals surface area contributed by atoms with Gasteiger partial charge in [0, 0.05) is 11.9 Å². The van der Waals surface area contributed by atoms with Crippen LogP contribution in [0.5, 0.6) is 0 Å². The second-order valence-electron chi connectivity index (χ2n) is 6.13. The number of rotatable bonds is 7. The molecule has 168 valence electrons. The van der Waals surface area contributed by atoms with Crippen molar-refractivity contribution in [1.82, 2.24) is 24.7 Å². The molecule has 0 spiro atoms. The molecule has 1 aromatic carbocycles. The molecule has 0 saturated carbocycles. The lowest BCUT2D eigenvalue weighted by molar-refractivity contribution is -0.141. The molecule has 32 heavy (non-hydrogen) atoms. The lowest BCUT2D eigenvalue weighted by Gasteiger charge is -2.15. The Morgan fingerprint density at radius 3 is 2.41 bits per heavy atom. The van der Waals surface area contributed by atoms with Crippen molar-refractivity contribution < 1.29 is 30.7 Å². The van der Waals surface area contributed by atoms with Crippen molar-refractivity contribution in [1.29, 1.82) is 5.26 Å². The Morgan fingerprint density at radius 1 is 1.09 bits per heavy atom. The Hall–Kier alpha value is -3.96. The second-order valence-corrected chi connectivity index (χ2v) is 6.13. The number of hydrogen-bond acceptors (Lipinski definition) is 7. The fourth-order valence-electron chi connectivity index (χ4n) is 2.36. The maximum absolute atomic E-state index is 13.7. The van der Waals surface area contributed by atoms with E-state index in [0.717, 1.165) is 18.3 Å². The number of nitriles is 1. The molecule has 0 aliphatic carbocycles. The summed E-state index contributed by atoms with van der Waals surface area (Å²) in [4.78, 5) is 11.3. The Kier molecular flexibility index (Phi) is 6.42. The predicted octanol–water partition coefficient (Wildman–Crippen LogP) is 3.85. The normalized spacial score (nSPS) is 12.5. The van der Waals surface area contributed by atoms with Gasteiger partial charge in [-0.05, 0) is 24.3 Å². The number of hydrogen-bond donors (Lipinski definition) is 2. The van der Waals surface area contributed by atoms with E-state index < -0.39 is 54.7 Å². The minimum absolute atomic E-state index is 0.0306. The van der Waals surface area contributed by atoms with Crippen LogP contribution < -0.4 is 10.6 Å². The van der Waals surface area contributed by atoms with Gasteiger partial charge in [-0.25, -0.2) is 22.2 Å². The van der Waals surface area contributed by atoms with Crippen molar-refractivity contribution in [3.8, 4) is 12.0 Å². The van der Waals surface area contributed by atoms with Gasteiger partial charge in [-0.1, -0.05) is 0 Å². The Balaban J connectivity index is 2.03. The van der Waals surface area contributed by atoms with Crippen molar-refractivity contribution in [3.05, 3.63) is 47.5 Å². The van der Waals surface area contributed by atoms with Crippen LogP contribution in [0.2, 0.25) is 0 Å². The summed E-state index contributed by atoms with van der Waals surface area (Å²) in [6.45, 7) is -1.50. The fraction of sp³-hybridized carbons (Fsp3) is 0.235. The van der Waals surface area contributed by atoms with Crippen LogP contribution in [0.1, 0.15) is 11.3 Å². The van der Waals surface area contributed by atoms with Crippen LogP contribution in [-0.4, -0.2) is 43.9 Å². The molecular formula is C17H11F7N8. The zero-order chi connectivity index (χ0) is 23.5. The summed E-state index contributed by atoms with van der Waals surface area (Å²) in [5.74, 6) is -2.37. The molecule has 0 amide bonds. The minimum atomic E-state index is -4.77. The molecule has 1 atom stereocenters. The van der Waals surface area contributed by atoms with Crippen molar-refractivity contribution in [3.63, 3.8) is 0 Å². The smallest absolute Gasteiger partial charge is 0.343 e.